The fourth-order valence-electron chi connectivity index (χ4n) is 2.93. The Morgan fingerprint density at radius 2 is 1.72 bits per heavy atom. The van der Waals surface area contributed by atoms with Crippen LogP contribution in [0.4, 0.5) is 10.1 Å². The summed E-state index contributed by atoms with van der Waals surface area (Å²) in [6.45, 7) is 3.74. The lowest BCUT2D eigenvalue weighted by Crippen LogP contribution is -2.37. The Hall–Kier alpha value is -2.69. The minimum Gasteiger partial charge on any atom is -0.339 e. The van der Waals surface area contributed by atoms with Crippen LogP contribution in [0.15, 0.2) is 48.5 Å². The molecule has 2 aromatic rings. The molecule has 4 nitrogen and oxygen atoms in total. The lowest BCUT2D eigenvalue weighted by molar-refractivity contribution is 0.0697. The van der Waals surface area contributed by atoms with Crippen LogP contribution in [0, 0.1) is 11.7 Å². The Morgan fingerprint density at radius 3 is 2.40 bits per heavy atom. The highest BCUT2D eigenvalue weighted by Gasteiger charge is 2.21. The van der Waals surface area contributed by atoms with Crippen LogP contribution >= 0.6 is 0 Å². The number of carbonyl (C=O) groups is 2. The van der Waals surface area contributed by atoms with Crippen molar-refractivity contribution in [3.05, 3.63) is 65.5 Å². The van der Waals surface area contributed by atoms with Crippen molar-refractivity contribution < 1.29 is 14.0 Å². The summed E-state index contributed by atoms with van der Waals surface area (Å²) in [6, 6.07) is 12.3. The topological polar surface area (TPSA) is 49.4 Å². The lowest BCUT2D eigenvalue weighted by Gasteiger charge is -2.30. The van der Waals surface area contributed by atoms with E-state index in [-0.39, 0.29) is 17.6 Å². The summed E-state index contributed by atoms with van der Waals surface area (Å²) in [5, 5.41) is 2.75. The van der Waals surface area contributed by atoms with Gasteiger partial charge in [0.2, 0.25) is 0 Å². The number of amides is 2. The van der Waals surface area contributed by atoms with E-state index in [4.69, 9.17) is 0 Å². The molecule has 2 aromatic carbocycles. The van der Waals surface area contributed by atoms with Crippen LogP contribution in [-0.4, -0.2) is 29.8 Å². The first-order valence-electron chi connectivity index (χ1n) is 8.49. The van der Waals surface area contributed by atoms with E-state index in [1.165, 1.54) is 24.3 Å². The Balaban J connectivity index is 1.69. The molecule has 1 aliphatic heterocycles. The maximum atomic E-state index is 12.9. The molecular formula is C20H21FN2O2. The van der Waals surface area contributed by atoms with Gasteiger partial charge >= 0.3 is 0 Å². The number of nitrogens with zero attached hydrogens (tertiary/aromatic N) is 1. The summed E-state index contributed by atoms with van der Waals surface area (Å²) >= 11 is 0. The van der Waals surface area contributed by atoms with Crippen LogP contribution in [0.25, 0.3) is 0 Å². The van der Waals surface area contributed by atoms with Crippen molar-refractivity contribution >= 4 is 17.5 Å². The van der Waals surface area contributed by atoms with E-state index in [0.29, 0.717) is 22.7 Å². The van der Waals surface area contributed by atoms with Crippen LogP contribution in [-0.2, 0) is 0 Å². The fraction of sp³-hybridized carbons (Fsp3) is 0.300. The number of carbonyl (C=O) groups excluding carboxylic acids is 2. The quantitative estimate of drug-likeness (QED) is 0.920. The predicted octanol–water partition coefficient (Wildman–Crippen LogP) is 3.95. The minimum atomic E-state index is -0.389. The Kier molecular flexibility index (Phi) is 5.12. The van der Waals surface area contributed by atoms with Crippen molar-refractivity contribution in [2.24, 2.45) is 5.92 Å². The Labute approximate surface area is 146 Å². The Bertz CT molecular complexity index is 766. The van der Waals surface area contributed by atoms with Crippen LogP contribution in [0.2, 0.25) is 0 Å². The summed E-state index contributed by atoms with van der Waals surface area (Å²) in [5.41, 5.74) is 1.47. The van der Waals surface area contributed by atoms with Gasteiger partial charge < -0.3 is 10.2 Å². The van der Waals surface area contributed by atoms with Gasteiger partial charge in [-0.3, -0.25) is 9.59 Å². The average molecular weight is 340 g/mol. The van der Waals surface area contributed by atoms with E-state index in [2.05, 4.69) is 12.2 Å². The largest absolute Gasteiger partial charge is 0.339 e. The molecule has 0 atom stereocenters. The van der Waals surface area contributed by atoms with Crippen LogP contribution in [0.1, 0.15) is 40.5 Å². The first-order valence-corrected chi connectivity index (χ1v) is 8.49. The smallest absolute Gasteiger partial charge is 0.255 e. The molecule has 0 radical (unpaired) electrons. The first-order chi connectivity index (χ1) is 12.0. The Morgan fingerprint density at radius 1 is 1.04 bits per heavy atom. The highest BCUT2D eigenvalue weighted by atomic mass is 19.1. The number of likely N-dealkylation sites (tertiary alicyclic amines) is 1. The van der Waals surface area contributed by atoms with Crippen molar-refractivity contribution in [2.75, 3.05) is 18.4 Å². The van der Waals surface area contributed by atoms with Crippen molar-refractivity contribution in [2.45, 2.75) is 19.8 Å². The van der Waals surface area contributed by atoms with Crippen molar-refractivity contribution in [3.63, 3.8) is 0 Å². The third-order valence-electron chi connectivity index (χ3n) is 4.54. The summed E-state index contributed by atoms with van der Waals surface area (Å²) < 4.78 is 12.9. The second kappa shape index (κ2) is 7.47. The molecule has 1 fully saturated rings. The number of nitrogens with one attached hydrogen (secondary N) is 1. The van der Waals surface area contributed by atoms with Gasteiger partial charge in [0.05, 0.1) is 0 Å². The molecule has 0 spiro atoms. The van der Waals surface area contributed by atoms with Crippen molar-refractivity contribution in [3.8, 4) is 0 Å². The number of halogens is 1. The lowest BCUT2D eigenvalue weighted by atomic mass is 9.98. The zero-order chi connectivity index (χ0) is 17.8. The maximum Gasteiger partial charge on any atom is 0.255 e. The van der Waals surface area contributed by atoms with E-state index in [1.54, 1.807) is 24.3 Å². The molecule has 3 rings (SSSR count). The number of hydrogen-bond donors (Lipinski definition) is 1. The van der Waals surface area contributed by atoms with Crippen LogP contribution in [0.3, 0.4) is 0 Å². The molecule has 1 heterocycles. The molecule has 0 aliphatic carbocycles. The standard InChI is InChI=1S/C20H21FN2O2/c1-14-9-11-23(12-10-14)20(25)16-3-2-4-18(13-16)22-19(24)15-5-7-17(21)8-6-15/h2-8,13-14H,9-12H2,1H3,(H,22,24). The van der Waals surface area contributed by atoms with Crippen molar-refractivity contribution in [1.29, 1.82) is 0 Å². The average Bonchev–Trinajstić information content (AvgIpc) is 2.62. The van der Waals surface area contributed by atoms with Gasteiger partial charge in [-0.1, -0.05) is 13.0 Å². The van der Waals surface area contributed by atoms with Crippen molar-refractivity contribution in [1.82, 2.24) is 4.90 Å². The monoisotopic (exact) mass is 340 g/mol. The van der Waals surface area contributed by atoms with E-state index in [1.807, 2.05) is 4.90 Å². The molecule has 5 heteroatoms. The number of piperidine rings is 1. The zero-order valence-electron chi connectivity index (χ0n) is 14.2. The third-order valence-corrected chi connectivity index (χ3v) is 4.54. The van der Waals surface area contributed by atoms with Crippen LogP contribution in [0.5, 0.6) is 0 Å². The molecule has 0 bridgehead atoms. The number of benzene rings is 2. The summed E-state index contributed by atoms with van der Waals surface area (Å²) in [4.78, 5) is 26.7. The molecule has 0 unspecified atom stereocenters. The number of anilines is 1. The third kappa shape index (κ3) is 4.24. The molecule has 2 amide bonds. The SMILES string of the molecule is CC1CCN(C(=O)c2cccc(NC(=O)c3ccc(F)cc3)c2)CC1. The van der Waals surface area contributed by atoms with E-state index in [0.717, 1.165) is 25.9 Å². The van der Waals surface area contributed by atoms with E-state index in [9.17, 15) is 14.0 Å². The molecule has 1 saturated heterocycles. The second-order valence-electron chi connectivity index (χ2n) is 6.52. The second-order valence-corrected chi connectivity index (χ2v) is 6.52. The molecule has 1 aliphatic rings. The highest BCUT2D eigenvalue weighted by Crippen LogP contribution is 2.20. The van der Waals surface area contributed by atoms with Gasteiger partial charge in [-0.05, 0) is 61.2 Å². The maximum absolute atomic E-state index is 12.9. The summed E-state index contributed by atoms with van der Waals surface area (Å²) in [7, 11) is 0. The van der Waals surface area contributed by atoms with Gasteiger partial charge in [0.1, 0.15) is 5.82 Å². The molecule has 1 N–H and O–H groups in total. The van der Waals surface area contributed by atoms with Gasteiger partial charge in [-0.15, -0.1) is 0 Å². The molecule has 0 saturated carbocycles. The highest BCUT2D eigenvalue weighted by molar-refractivity contribution is 6.05. The molecule has 25 heavy (non-hydrogen) atoms. The summed E-state index contributed by atoms with van der Waals surface area (Å²) in [6.07, 6.45) is 2.04. The van der Waals surface area contributed by atoms with Gasteiger partial charge in [0, 0.05) is 29.9 Å². The normalized spacial score (nSPS) is 15.0. The first kappa shape index (κ1) is 17.1. The van der Waals surface area contributed by atoms with E-state index >= 15 is 0 Å². The van der Waals surface area contributed by atoms with Gasteiger partial charge in [0.15, 0.2) is 0 Å². The van der Waals surface area contributed by atoms with Gasteiger partial charge in [-0.25, -0.2) is 4.39 Å². The predicted molar refractivity (Wildman–Crippen MR) is 95.1 cm³/mol. The van der Waals surface area contributed by atoms with Gasteiger partial charge in [0.25, 0.3) is 11.8 Å². The number of rotatable bonds is 3. The van der Waals surface area contributed by atoms with E-state index < -0.39 is 0 Å². The summed E-state index contributed by atoms with van der Waals surface area (Å²) in [5.74, 6) is -0.0773. The molecule has 0 aromatic heterocycles. The minimum absolute atomic E-state index is 0.00946. The fourth-order valence-corrected chi connectivity index (χ4v) is 2.93. The molecular weight excluding hydrogens is 319 g/mol. The molecule has 130 valence electrons. The van der Waals surface area contributed by atoms with Gasteiger partial charge in [-0.2, -0.15) is 0 Å². The van der Waals surface area contributed by atoms with Crippen LogP contribution < -0.4 is 5.32 Å². The zero-order valence-corrected chi connectivity index (χ0v) is 14.2. The number of hydrogen-bond acceptors (Lipinski definition) is 2.